The molecule has 1 aromatic heterocycles. The molecule has 3 heterocycles. The van der Waals surface area contributed by atoms with Crippen molar-refractivity contribution in [1.82, 2.24) is 9.88 Å². The molecule has 0 atom stereocenters. The number of anilines is 1. The number of morpholine rings is 1. The normalized spacial score (nSPS) is 18.7. The minimum atomic E-state index is -0.141. The summed E-state index contributed by atoms with van der Waals surface area (Å²) in [6, 6.07) is 17.9. The second-order valence-corrected chi connectivity index (χ2v) is 9.70. The molecule has 2 saturated heterocycles. The van der Waals surface area contributed by atoms with E-state index in [2.05, 4.69) is 64.0 Å². The van der Waals surface area contributed by atoms with Gasteiger partial charge in [0, 0.05) is 40.9 Å². The third-order valence-corrected chi connectivity index (χ3v) is 7.11. The molecule has 0 saturated carbocycles. The van der Waals surface area contributed by atoms with Gasteiger partial charge < -0.3 is 19.5 Å². The van der Waals surface area contributed by atoms with Crippen molar-refractivity contribution in [2.75, 3.05) is 31.2 Å². The summed E-state index contributed by atoms with van der Waals surface area (Å²) in [5, 5.41) is 4.06. The van der Waals surface area contributed by atoms with Gasteiger partial charge in [-0.3, -0.25) is 4.79 Å². The fourth-order valence-electron chi connectivity index (χ4n) is 4.22. The molecular formula is C26H25ClN4O2S. The summed E-state index contributed by atoms with van der Waals surface area (Å²) in [6.07, 6.45) is 1.94. The maximum absolute atomic E-state index is 12.6. The van der Waals surface area contributed by atoms with Crippen LogP contribution < -0.4 is 10.2 Å². The smallest absolute Gasteiger partial charge is 0.264 e. The number of nitrogens with zero attached hydrogens (tertiary/aromatic N) is 3. The van der Waals surface area contributed by atoms with Gasteiger partial charge in [-0.1, -0.05) is 11.6 Å². The Morgan fingerprint density at radius 2 is 1.71 bits per heavy atom. The van der Waals surface area contributed by atoms with Crippen LogP contribution in [0.1, 0.15) is 17.0 Å². The van der Waals surface area contributed by atoms with Crippen molar-refractivity contribution in [1.29, 1.82) is 0 Å². The predicted octanol–water partition coefficient (Wildman–Crippen LogP) is 5.48. The molecule has 0 spiro atoms. The van der Waals surface area contributed by atoms with Gasteiger partial charge in [0.25, 0.3) is 5.91 Å². The Morgan fingerprint density at radius 1 is 1.03 bits per heavy atom. The number of aryl methyl sites for hydroxylation is 1. The third kappa shape index (κ3) is 4.78. The zero-order valence-corrected chi connectivity index (χ0v) is 20.6. The maximum atomic E-state index is 12.6. The number of hydrogen-bond donors (Lipinski definition) is 1. The molecule has 0 radical (unpaired) electrons. The number of nitrogens with one attached hydrogen (secondary N) is 1. The highest BCUT2D eigenvalue weighted by Crippen LogP contribution is 2.31. The molecule has 3 aromatic rings. The van der Waals surface area contributed by atoms with E-state index >= 15 is 0 Å². The molecule has 2 aromatic carbocycles. The van der Waals surface area contributed by atoms with Crippen molar-refractivity contribution in [3.63, 3.8) is 0 Å². The molecule has 8 heteroatoms. The standard InChI is InChI=1S/C26H25ClN4O2S/c1-17-15-19(16-24-25(32)29-26(34-24)28-21-5-3-20(27)4-6-21)18(2)31(17)23-9-7-22(8-10-23)30-11-13-33-14-12-30/h3-10,15-16H,11-14H2,1-2H3,(H,28,29,32)/b24-16-. The van der Waals surface area contributed by atoms with Crippen LogP contribution in [0.15, 0.2) is 64.5 Å². The van der Waals surface area contributed by atoms with E-state index in [1.807, 2.05) is 18.2 Å². The van der Waals surface area contributed by atoms with Crippen LogP contribution in [0.4, 0.5) is 11.4 Å². The minimum absolute atomic E-state index is 0.141. The fourth-order valence-corrected chi connectivity index (χ4v) is 5.18. The van der Waals surface area contributed by atoms with Gasteiger partial charge >= 0.3 is 0 Å². The third-order valence-electron chi connectivity index (χ3n) is 5.95. The predicted molar refractivity (Wildman–Crippen MR) is 141 cm³/mol. The molecule has 2 aliphatic heterocycles. The van der Waals surface area contributed by atoms with Crippen molar-refractivity contribution >= 4 is 51.9 Å². The SMILES string of the molecule is Cc1cc(/C=C2\SC(=Nc3ccc(Cl)cc3)NC2=O)c(C)n1-c1ccc(N2CCOCC2)cc1. The molecule has 0 bridgehead atoms. The van der Waals surface area contributed by atoms with Crippen LogP contribution in [0, 0.1) is 13.8 Å². The zero-order valence-electron chi connectivity index (χ0n) is 19.0. The van der Waals surface area contributed by atoms with Gasteiger partial charge in [0.05, 0.1) is 23.8 Å². The summed E-state index contributed by atoms with van der Waals surface area (Å²) in [5.41, 5.74) is 6.27. The fraction of sp³-hybridized carbons (Fsp3) is 0.231. The van der Waals surface area contributed by atoms with E-state index in [0.29, 0.717) is 15.1 Å². The number of aromatic nitrogens is 1. The van der Waals surface area contributed by atoms with Gasteiger partial charge in [0.15, 0.2) is 5.17 Å². The molecule has 34 heavy (non-hydrogen) atoms. The molecule has 6 nitrogen and oxygen atoms in total. The van der Waals surface area contributed by atoms with E-state index in [4.69, 9.17) is 16.3 Å². The Hall–Kier alpha value is -3.00. The van der Waals surface area contributed by atoms with Crippen LogP contribution in [-0.4, -0.2) is 41.9 Å². The van der Waals surface area contributed by atoms with Gasteiger partial charge in [-0.25, -0.2) is 4.99 Å². The van der Waals surface area contributed by atoms with Gasteiger partial charge in [-0.05, 0) is 91.8 Å². The number of carbonyl (C=O) groups excluding carboxylic acids is 1. The number of halogens is 1. The number of aliphatic imine (C=N–C) groups is 1. The molecule has 5 rings (SSSR count). The molecule has 1 amide bonds. The van der Waals surface area contributed by atoms with E-state index in [1.54, 1.807) is 12.1 Å². The molecule has 1 N–H and O–H groups in total. The number of benzene rings is 2. The van der Waals surface area contributed by atoms with Crippen LogP contribution in [-0.2, 0) is 9.53 Å². The lowest BCUT2D eigenvalue weighted by atomic mass is 10.2. The molecule has 0 unspecified atom stereocenters. The van der Waals surface area contributed by atoms with E-state index in [9.17, 15) is 4.79 Å². The van der Waals surface area contributed by atoms with Crippen molar-refractivity contribution in [2.24, 2.45) is 4.99 Å². The monoisotopic (exact) mass is 492 g/mol. The number of amidine groups is 1. The van der Waals surface area contributed by atoms with Crippen molar-refractivity contribution in [3.05, 3.63) is 81.5 Å². The first-order valence-corrected chi connectivity index (χ1v) is 12.3. The number of hydrogen-bond acceptors (Lipinski definition) is 5. The summed E-state index contributed by atoms with van der Waals surface area (Å²) in [5.74, 6) is -0.141. The highest BCUT2D eigenvalue weighted by atomic mass is 35.5. The number of amides is 1. The summed E-state index contributed by atoms with van der Waals surface area (Å²) >= 11 is 7.28. The Labute approximate surface area is 208 Å². The molecular weight excluding hydrogens is 468 g/mol. The second-order valence-electron chi connectivity index (χ2n) is 8.24. The first-order chi connectivity index (χ1) is 16.5. The van der Waals surface area contributed by atoms with Crippen molar-refractivity contribution in [2.45, 2.75) is 13.8 Å². The topological polar surface area (TPSA) is 58.9 Å². The lowest BCUT2D eigenvalue weighted by molar-refractivity contribution is -0.115. The molecule has 2 aliphatic rings. The van der Waals surface area contributed by atoms with Crippen molar-refractivity contribution in [3.8, 4) is 5.69 Å². The Kier molecular flexibility index (Phi) is 6.50. The second kappa shape index (κ2) is 9.70. The number of thioether (sulfide) groups is 1. The summed E-state index contributed by atoms with van der Waals surface area (Å²) < 4.78 is 7.68. The van der Waals surface area contributed by atoms with Crippen LogP contribution in [0.2, 0.25) is 5.02 Å². The lowest BCUT2D eigenvalue weighted by Gasteiger charge is -2.29. The zero-order chi connectivity index (χ0) is 23.7. The van der Waals surface area contributed by atoms with Gasteiger partial charge in [0.1, 0.15) is 0 Å². The largest absolute Gasteiger partial charge is 0.378 e. The average molecular weight is 493 g/mol. The number of ether oxygens (including phenoxy) is 1. The van der Waals surface area contributed by atoms with Crippen LogP contribution >= 0.6 is 23.4 Å². The average Bonchev–Trinajstić information content (AvgIpc) is 3.33. The minimum Gasteiger partial charge on any atom is -0.378 e. The molecule has 174 valence electrons. The van der Waals surface area contributed by atoms with Crippen LogP contribution in [0.3, 0.4) is 0 Å². The first-order valence-electron chi connectivity index (χ1n) is 11.2. The summed E-state index contributed by atoms with van der Waals surface area (Å²) in [7, 11) is 0. The number of carbonyl (C=O) groups is 1. The molecule has 0 aliphatic carbocycles. The van der Waals surface area contributed by atoms with Crippen LogP contribution in [0.25, 0.3) is 11.8 Å². The highest BCUT2D eigenvalue weighted by Gasteiger charge is 2.24. The van der Waals surface area contributed by atoms with Gasteiger partial charge in [-0.15, -0.1) is 0 Å². The summed E-state index contributed by atoms with van der Waals surface area (Å²) in [4.78, 5) is 20.0. The van der Waals surface area contributed by atoms with Crippen LogP contribution in [0.5, 0.6) is 0 Å². The van der Waals surface area contributed by atoms with Crippen molar-refractivity contribution < 1.29 is 9.53 Å². The highest BCUT2D eigenvalue weighted by molar-refractivity contribution is 8.18. The van der Waals surface area contributed by atoms with E-state index in [0.717, 1.165) is 54.6 Å². The van der Waals surface area contributed by atoms with E-state index < -0.39 is 0 Å². The van der Waals surface area contributed by atoms with Gasteiger partial charge in [-0.2, -0.15) is 0 Å². The summed E-state index contributed by atoms with van der Waals surface area (Å²) in [6.45, 7) is 7.54. The van der Waals surface area contributed by atoms with E-state index in [-0.39, 0.29) is 5.91 Å². The quantitative estimate of drug-likeness (QED) is 0.490. The Morgan fingerprint density at radius 3 is 2.41 bits per heavy atom. The number of rotatable bonds is 4. The molecule has 2 fully saturated rings. The van der Waals surface area contributed by atoms with Gasteiger partial charge in [0.2, 0.25) is 0 Å². The Balaban J connectivity index is 1.37. The Bertz CT molecular complexity index is 1270. The lowest BCUT2D eigenvalue weighted by Crippen LogP contribution is -2.36. The van der Waals surface area contributed by atoms with E-state index in [1.165, 1.54) is 17.4 Å². The maximum Gasteiger partial charge on any atom is 0.264 e. The first kappa shape index (κ1) is 22.8.